The SMILES string of the molecule is Cc1ccc(S(=O)(=O)[C@H](C[NH3+])c2ccc(N(C)C)cc2)cc1. The molecule has 0 heterocycles. The van der Waals surface area contributed by atoms with Crippen LogP contribution in [0.2, 0.25) is 0 Å². The van der Waals surface area contributed by atoms with Crippen LogP contribution in [0, 0.1) is 6.92 Å². The Labute approximate surface area is 132 Å². The molecule has 2 aromatic carbocycles. The first-order valence-corrected chi connectivity index (χ1v) is 8.78. The van der Waals surface area contributed by atoms with Gasteiger partial charge in [-0.25, -0.2) is 8.42 Å². The van der Waals surface area contributed by atoms with Gasteiger partial charge in [-0.15, -0.1) is 0 Å². The fourth-order valence-corrected chi connectivity index (χ4v) is 4.05. The van der Waals surface area contributed by atoms with Crippen LogP contribution in [0.15, 0.2) is 53.4 Å². The quantitative estimate of drug-likeness (QED) is 0.914. The Kier molecular flexibility index (Phi) is 4.88. The molecule has 0 aromatic heterocycles. The van der Waals surface area contributed by atoms with Crippen molar-refractivity contribution < 1.29 is 14.2 Å². The van der Waals surface area contributed by atoms with Gasteiger partial charge in [-0.3, -0.25) is 0 Å². The number of sulfone groups is 1. The predicted molar refractivity (Wildman–Crippen MR) is 89.6 cm³/mol. The van der Waals surface area contributed by atoms with Crippen LogP contribution in [0.3, 0.4) is 0 Å². The van der Waals surface area contributed by atoms with Gasteiger partial charge in [-0.1, -0.05) is 29.8 Å². The van der Waals surface area contributed by atoms with Crippen LogP contribution in [-0.2, 0) is 9.84 Å². The molecule has 0 aliphatic carbocycles. The van der Waals surface area contributed by atoms with Crippen molar-refractivity contribution in [2.75, 3.05) is 25.5 Å². The molecule has 5 heteroatoms. The zero-order valence-corrected chi connectivity index (χ0v) is 14.1. The van der Waals surface area contributed by atoms with Crippen LogP contribution < -0.4 is 10.6 Å². The third kappa shape index (κ3) is 3.31. The number of hydrogen-bond acceptors (Lipinski definition) is 3. The lowest BCUT2D eigenvalue weighted by Crippen LogP contribution is -2.54. The average Bonchev–Trinajstić information content (AvgIpc) is 2.48. The number of hydrogen-bond donors (Lipinski definition) is 1. The summed E-state index contributed by atoms with van der Waals surface area (Å²) in [5, 5.41) is -0.619. The topological polar surface area (TPSA) is 65.0 Å². The molecule has 0 aliphatic rings. The zero-order valence-electron chi connectivity index (χ0n) is 13.3. The van der Waals surface area contributed by atoms with Crippen molar-refractivity contribution in [3.05, 3.63) is 59.7 Å². The monoisotopic (exact) mass is 319 g/mol. The molecule has 2 rings (SSSR count). The van der Waals surface area contributed by atoms with Crippen molar-refractivity contribution in [3.63, 3.8) is 0 Å². The number of anilines is 1. The predicted octanol–water partition coefficient (Wildman–Crippen LogP) is 1.82. The summed E-state index contributed by atoms with van der Waals surface area (Å²) in [4.78, 5) is 2.33. The molecule has 0 bridgehead atoms. The van der Waals surface area contributed by atoms with Gasteiger partial charge in [0.15, 0.2) is 9.84 Å². The fraction of sp³-hybridized carbons (Fsp3) is 0.294. The fourth-order valence-electron chi connectivity index (χ4n) is 2.38. The van der Waals surface area contributed by atoms with Crippen LogP contribution in [0.4, 0.5) is 5.69 Å². The first-order chi connectivity index (χ1) is 10.4. The van der Waals surface area contributed by atoms with E-state index in [0.29, 0.717) is 11.4 Å². The molecule has 22 heavy (non-hydrogen) atoms. The lowest BCUT2D eigenvalue weighted by atomic mass is 10.1. The van der Waals surface area contributed by atoms with Crippen LogP contribution in [0.1, 0.15) is 16.4 Å². The summed E-state index contributed by atoms with van der Waals surface area (Å²) in [6, 6.07) is 14.6. The van der Waals surface area contributed by atoms with E-state index in [1.54, 1.807) is 12.1 Å². The van der Waals surface area contributed by atoms with Gasteiger partial charge in [0.2, 0.25) is 0 Å². The Morgan fingerprint density at radius 3 is 2.00 bits per heavy atom. The van der Waals surface area contributed by atoms with Gasteiger partial charge in [0.1, 0.15) is 5.25 Å². The van der Waals surface area contributed by atoms with Crippen molar-refractivity contribution in [2.24, 2.45) is 0 Å². The van der Waals surface area contributed by atoms with Crippen molar-refractivity contribution in [2.45, 2.75) is 17.1 Å². The van der Waals surface area contributed by atoms with Gasteiger partial charge in [-0.2, -0.15) is 0 Å². The second-order valence-corrected chi connectivity index (χ2v) is 7.75. The minimum absolute atomic E-state index is 0.303. The summed E-state index contributed by atoms with van der Waals surface area (Å²) in [7, 11) is 0.480. The highest BCUT2D eigenvalue weighted by molar-refractivity contribution is 7.91. The molecule has 0 unspecified atom stereocenters. The molecule has 0 spiro atoms. The van der Waals surface area contributed by atoms with Crippen LogP contribution in [0.25, 0.3) is 0 Å². The van der Waals surface area contributed by atoms with Crippen molar-refractivity contribution in [1.29, 1.82) is 0 Å². The Morgan fingerprint density at radius 2 is 1.55 bits per heavy atom. The Morgan fingerprint density at radius 1 is 1.00 bits per heavy atom. The van der Waals surface area contributed by atoms with E-state index in [9.17, 15) is 8.42 Å². The number of quaternary nitrogens is 1. The Bertz CT molecular complexity index is 720. The second kappa shape index (κ2) is 6.50. The zero-order chi connectivity index (χ0) is 16.3. The van der Waals surface area contributed by atoms with E-state index in [0.717, 1.165) is 16.8 Å². The van der Waals surface area contributed by atoms with Crippen molar-refractivity contribution in [3.8, 4) is 0 Å². The maximum atomic E-state index is 12.8. The lowest BCUT2D eigenvalue weighted by Gasteiger charge is -2.17. The van der Waals surface area contributed by atoms with Gasteiger partial charge < -0.3 is 10.6 Å². The molecule has 2 aromatic rings. The van der Waals surface area contributed by atoms with E-state index in [2.05, 4.69) is 5.73 Å². The Hall–Kier alpha value is -1.85. The minimum atomic E-state index is -3.43. The summed E-state index contributed by atoms with van der Waals surface area (Å²) >= 11 is 0. The number of benzene rings is 2. The van der Waals surface area contributed by atoms with E-state index >= 15 is 0 Å². The van der Waals surface area contributed by atoms with Crippen LogP contribution in [-0.4, -0.2) is 29.1 Å². The molecule has 4 nitrogen and oxygen atoms in total. The molecule has 0 saturated carbocycles. The molecule has 1 atom stereocenters. The van der Waals surface area contributed by atoms with Crippen molar-refractivity contribution in [1.82, 2.24) is 0 Å². The molecular formula is C17H23N2O2S+. The maximum Gasteiger partial charge on any atom is 0.190 e. The molecule has 118 valence electrons. The summed E-state index contributed by atoms with van der Waals surface area (Å²) in [5.74, 6) is 0. The number of rotatable bonds is 5. The van der Waals surface area contributed by atoms with Crippen LogP contribution in [0.5, 0.6) is 0 Å². The molecule has 0 saturated heterocycles. The number of aryl methyl sites for hydroxylation is 1. The first kappa shape index (κ1) is 16.5. The molecule has 3 N–H and O–H groups in total. The van der Waals surface area contributed by atoms with Gasteiger partial charge in [0.25, 0.3) is 0 Å². The maximum absolute atomic E-state index is 12.8. The lowest BCUT2D eigenvalue weighted by molar-refractivity contribution is -0.367. The van der Waals surface area contributed by atoms with Gasteiger partial charge >= 0.3 is 0 Å². The molecule has 0 fully saturated rings. The van der Waals surface area contributed by atoms with E-state index in [1.807, 2.05) is 62.3 Å². The first-order valence-electron chi connectivity index (χ1n) is 7.23. The van der Waals surface area contributed by atoms with Gasteiger partial charge in [-0.05, 0) is 36.8 Å². The smallest absolute Gasteiger partial charge is 0.190 e. The summed E-state index contributed by atoms with van der Waals surface area (Å²) in [6.45, 7) is 2.24. The minimum Gasteiger partial charge on any atom is -0.378 e. The second-order valence-electron chi connectivity index (χ2n) is 5.62. The number of nitrogens with zero attached hydrogens (tertiary/aromatic N) is 1. The van der Waals surface area contributed by atoms with E-state index < -0.39 is 15.1 Å². The third-order valence-electron chi connectivity index (χ3n) is 3.77. The summed E-state index contributed by atoms with van der Waals surface area (Å²) in [5.41, 5.74) is 6.70. The highest BCUT2D eigenvalue weighted by atomic mass is 32.2. The largest absolute Gasteiger partial charge is 0.378 e. The average molecular weight is 319 g/mol. The standard InChI is InChI=1S/C17H22N2O2S/c1-13-4-10-16(11-5-13)22(20,21)17(12-18)14-6-8-15(9-7-14)19(2)3/h4-11,17H,12,18H2,1-3H3/p+1/t17-/m1/s1. The molecule has 0 radical (unpaired) electrons. The normalized spacial score (nSPS) is 12.9. The molecular weight excluding hydrogens is 296 g/mol. The van der Waals surface area contributed by atoms with E-state index in [-0.39, 0.29) is 0 Å². The molecule has 0 amide bonds. The van der Waals surface area contributed by atoms with Crippen LogP contribution >= 0.6 is 0 Å². The Balaban J connectivity index is 2.40. The summed E-state index contributed by atoms with van der Waals surface area (Å²) < 4.78 is 25.7. The van der Waals surface area contributed by atoms with E-state index in [1.165, 1.54) is 0 Å². The van der Waals surface area contributed by atoms with E-state index in [4.69, 9.17) is 0 Å². The highest BCUT2D eigenvalue weighted by Crippen LogP contribution is 2.29. The van der Waals surface area contributed by atoms with Crippen molar-refractivity contribution >= 4 is 15.5 Å². The van der Waals surface area contributed by atoms with Gasteiger partial charge in [0.05, 0.1) is 11.4 Å². The van der Waals surface area contributed by atoms with Gasteiger partial charge in [0, 0.05) is 19.8 Å². The summed E-state index contributed by atoms with van der Waals surface area (Å²) in [6.07, 6.45) is 0. The molecule has 0 aliphatic heterocycles. The third-order valence-corrected chi connectivity index (χ3v) is 5.95. The highest BCUT2D eigenvalue weighted by Gasteiger charge is 2.29.